The molecule has 1 saturated carbocycles. The molecule has 3 fully saturated rings. The van der Waals surface area contributed by atoms with Gasteiger partial charge in [-0.05, 0) is 51.0 Å². The number of anilines is 2. The molecule has 2 aliphatic heterocycles. The summed E-state index contributed by atoms with van der Waals surface area (Å²) in [6.07, 6.45) is 11.1. The molecule has 2 saturated heterocycles. The van der Waals surface area contributed by atoms with Crippen molar-refractivity contribution < 1.29 is 19.8 Å². The summed E-state index contributed by atoms with van der Waals surface area (Å²) in [5.74, 6) is 3.10. The summed E-state index contributed by atoms with van der Waals surface area (Å²) in [6, 6.07) is 1.78. The fraction of sp³-hybridized carbons (Fsp3) is 0.609. The van der Waals surface area contributed by atoms with Gasteiger partial charge in [-0.15, -0.1) is 6.42 Å². The molecule has 1 spiro atoms. The summed E-state index contributed by atoms with van der Waals surface area (Å²) in [4.78, 5) is 34.5. The number of terminal acetylenes is 1. The first-order valence-corrected chi connectivity index (χ1v) is 11.6. The van der Waals surface area contributed by atoms with E-state index in [0.717, 1.165) is 62.9 Å². The average molecular weight is 461 g/mol. The maximum atomic E-state index is 13.5. The number of aromatic nitrogens is 1. The number of piperidine rings is 1. The lowest BCUT2D eigenvalue weighted by Gasteiger charge is -2.41. The van der Waals surface area contributed by atoms with E-state index in [4.69, 9.17) is 18.0 Å². The van der Waals surface area contributed by atoms with Crippen LogP contribution in [0.1, 0.15) is 44.9 Å². The van der Waals surface area contributed by atoms with Crippen molar-refractivity contribution in [2.45, 2.75) is 57.1 Å². The molecule has 9 heteroatoms. The van der Waals surface area contributed by atoms with Crippen LogP contribution >= 0.6 is 11.6 Å². The number of hydrogen-bond donors (Lipinski definition) is 2. The van der Waals surface area contributed by atoms with Crippen molar-refractivity contribution in [2.24, 2.45) is 5.41 Å². The van der Waals surface area contributed by atoms with E-state index in [-0.39, 0.29) is 24.6 Å². The van der Waals surface area contributed by atoms with E-state index in [1.54, 1.807) is 6.07 Å². The normalized spacial score (nSPS) is 28.1. The number of carbonyl (C=O) groups excluding carboxylic acids is 1. The molecule has 0 radical (unpaired) electrons. The van der Waals surface area contributed by atoms with Crippen LogP contribution in [0.25, 0.3) is 0 Å². The summed E-state index contributed by atoms with van der Waals surface area (Å²) in [5.41, 5.74) is -0.118. The number of carboxylic acid groups (broad SMARTS) is 1. The highest BCUT2D eigenvalue weighted by molar-refractivity contribution is 6.33. The molecule has 172 valence electrons. The fourth-order valence-electron chi connectivity index (χ4n) is 5.42. The van der Waals surface area contributed by atoms with Gasteiger partial charge in [-0.3, -0.25) is 9.69 Å². The lowest BCUT2D eigenvalue weighted by molar-refractivity contribution is -0.139. The molecule has 1 atom stereocenters. The Balaban J connectivity index is 1.50. The van der Waals surface area contributed by atoms with Crippen LogP contribution in [0.15, 0.2) is 12.3 Å². The molecule has 1 unspecified atom stereocenters. The lowest BCUT2D eigenvalue weighted by Crippen LogP contribution is -2.50. The van der Waals surface area contributed by atoms with E-state index < -0.39 is 11.5 Å². The zero-order valence-electron chi connectivity index (χ0n) is 18.0. The van der Waals surface area contributed by atoms with E-state index in [0.29, 0.717) is 23.1 Å². The smallest absolute Gasteiger partial charge is 0.412 e. The lowest BCUT2D eigenvalue weighted by atomic mass is 9.78. The van der Waals surface area contributed by atoms with Crippen LogP contribution in [-0.4, -0.2) is 70.4 Å². The van der Waals surface area contributed by atoms with Gasteiger partial charge in [0.2, 0.25) is 5.91 Å². The predicted molar refractivity (Wildman–Crippen MR) is 122 cm³/mol. The van der Waals surface area contributed by atoms with Gasteiger partial charge in [0, 0.05) is 25.7 Å². The summed E-state index contributed by atoms with van der Waals surface area (Å²) >= 11 is 6.51. The maximum Gasteiger partial charge on any atom is 0.412 e. The molecule has 3 heterocycles. The molecular formula is C23H29ClN4O4. The van der Waals surface area contributed by atoms with Gasteiger partial charge in [0.05, 0.1) is 35.0 Å². The first kappa shape index (κ1) is 22.7. The molecule has 8 nitrogen and oxygen atoms in total. The van der Waals surface area contributed by atoms with E-state index >= 15 is 0 Å². The topological polar surface area (TPSA) is 97.2 Å². The second-order valence-electron chi connectivity index (χ2n) is 9.09. The van der Waals surface area contributed by atoms with Crippen molar-refractivity contribution in [3.8, 4) is 12.3 Å². The highest BCUT2D eigenvalue weighted by Gasteiger charge is 2.51. The molecule has 3 aliphatic rings. The van der Waals surface area contributed by atoms with Gasteiger partial charge in [-0.1, -0.05) is 17.5 Å². The van der Waals surface area contributed by atoms with Crippen molar-refractivity contribution in [1.82, 2.24) is 9.88 Å². The SMILES string of the molecule is C#CCN(C(=O)O)c1cnc(N2CCCC3(CCN(C4CCC(O)CC4)C3=O)C2)c(Cl)c1. The predicted octanol–water partition coefficient (Wildman–Crippen LogP) is 2.98. The van der Waals surface area contributed by atoms with Crippen molar-refractivity contribution in [3.05, 3.63) is 17.3 Å². The van der Waals surface area contributed by atoms with Crippen LogP contribution in [0, 0.1) is 17.8 Å². The first-order chi connectivity index (χ1) is 15.3. The van der Waals surface area contributed by atoms with Crippen molar-refractivity contribution >= 4 is 35.1 Å². The number of aliphatic hydroxyl groups is 1. The number of aliphatic hydroxyl groups excluding tert-OH is 1. The number of carbonyl (C=O) groups is 2. The van der Waals surface area contributed by atoms with Crippen LogP contribution in [-0.2, 0) is 4.79 Å². The highest BCUT2D eigenvalue weighted by Crippen LogP contribution is 2.44. The Bertz CT molecular complexity index is 927. The number of likely N-dealkylation sites (tertiary alicyclic amines) is 1. The van der Waals surface area contributed by atoms with Crippen LogP contribution < -0.4 is 9.80 Å². The van der Waals surface area contributed by atoms with Crippen molar-refractivity contribution in [3.63, 3.8) is 0 Å². The zero-order chi connectivity index (χ0) is 22.9. The fourth-order valence-corrected chi connectivity index (χ4v) is 5.70. The number of hydrogen-bond acceptors (Lipinski definition) is 5. The Hall–Kier alpha value is -2.50. The minimum Gasteiger partial charge on any atom is -0.465 e. The zero-order valence-corrected chi connectivity index (χ0v) is 18.8. The van der Waals surface area contributed by atoms with Crippen LogP contribution in [0.2, 0.25) is 5.02 Å². The second kappa shape index (κ2) is 9.16. The number of amides is 2. The van der Waals surface area contributed by atoms with Crippen LogP contribution in [0.5, 0.6) is 0 Å². The number of nitrogens with zero attached hydrogens (tertiary/aromatic N) is 4. The van der Waals surface area contributed by atoms with Gasteiger partial charge in [0.1, 0.15) is 5.82 Å². The van der Waals surface area contributed by atoms with E-state index in [2.05, 4.69) is 10.9 Å². The Morgan fingerprint density at radius 1 is 1.31 bits per heavy atom. The van der Waals surface area contributed by atoms with Crippen molar-refractivity contribution in [2.75, 3.05) is 36.0 Å². The largest absolute Gasteiger partial charge is 0.465 e. The van der Waals surface area contributed by atoms with Gasteiger partial charge in [-0.25, -0.2) is 9.78 Å². The molecule has 0 aromatic carbocycles. The number of pyridine rings is 1. The second-order valence-corrected chi connectivity index (χ2v) is 9.50. The monoisotopic (exact) mass is 460 g/mol. The molecule has 2 N–H and O–H groups in total. The molecule has 2 amide bonds. The third-order valence-corrected chi connectivity index (χ3v) is 7.41. The van der Waals surface area contributed by atoms with Crippen LogP contribution in [0.4, 0.5) is 16.3 Å². The van der Waals surface area contributed by atoms with Gasteiger partial charge >= 0.3 is 6.09 Å². The third-order valence-electron chi connectivity index (χ3n) is 7.13. The van der Waals surface area contributed by atoms with E-state index in [1.165, 1.54) is 6.20 Å². The highest BCUT2D eigenvalue weighted by atomic mass is 35.5. The Morgan fingerprint density at radius 2 is 2.06 bits per heavy atom. The maximum absolute atomic E-state index is 13.5. The first-order valence-electron chi connectivity index (χ1n) is 11.2. The number of rotatable bonds is 4. The third kappa shape index (κ3) is 4.24. The standard InChI is InChI=1S/C23H29ClN4O4/c1-2-10-28(22(31)32)17-13-19(24)20(25-14-17)26-11-3-8-23(15-26)9-12-27(21(23)30)16-4-6-18(29)7-5-16/h1,13-14,16,18,29H,3-12,15H2,(H,31,32). The van der Waals surface area contributed by atoms with Gasteiger partial charge in [0.15, 0.2) is 0 Å². The Kier molecular flexibility index (Phi) is 6.50. The molecule has 1 aromatic rings. The summed E-state index contributed by atoms with van der Waals surface area (Å²) in [7, 11) is 0. The number of halogens is 1. The molecule has 0 bridgehead atoms. The summed E-state index contributed by atoms with van der Waals surface area (Å²) in [6.45, 7) is 1.95. The van der Waals surface area contributed by atoms with Crippen LogP contribution in [0.3, 0.4) is 0 Å². The minimum atomic E-state index is -1.17. The Labute approximate surface area is 193 Å². The van der Waals surface area contributed by atoms with Gasteiger partial charge in [0.25, 0.3) is 0 Å². The summed E-state index contributed by atoms with van der Waals surface area (Å²) < 4.78 is 0. The van der Waals surface area contributed by atoms with Gasteiger partial charge in [-0.2, -0.15) is 0 Å². The quantitative estimate of drug-likeness (QED) is 0.670. The Morgan fingerprint density at radius 3 is 2.72 bits per heavy atom. The van der Waals surface area contributed by atoms with Crippen molar-refractivity contribution in [1.29, 1.82) is 0 Å². The van der Waals surface area contributed by atoms with E-state index in [9.17, 15) is 19.8 Å². The molecule has 32 heavy (non-hydrogen) atoms. The molecule has 1 aromatic heterocycles. The molecule has 1 aliphatic carbocycles. The summed E-state index contributed by atoms with van der Waals surface area (Å²) in [5, 5.41) is 19.5. The molecular weight excluding hydrogens is 432 g/mol. The van der Waals surface area contributed by atoms with E-state index in [1.807, 2.05) is 9.80 Å². The minimum absolute atomic E-state index is 0.0952. The molecule has 4 rings (SSSR count). The average Bonchev–Trinajstić information content (AvgIpc) is 3.07. The van der Waals surface area contributed by atoms with Gasteiger partial charge < -0.3 is 20.0 Å².